The van der Waals surface area contributed by atoms with Gasteiger partial charge < -0.3 is 0 Å². The topological polar surface area (TPSA) is 3.24 Å². The lowest BCUT2D eigenvalue weighted by Gasteiger charge is -2.30. The second-order valence-corrected chi connectivity index (χ2v) is 4.29. The van der Waals surface area contributed by atoms with E-state index in [1.165, 1.54) is 19.4 Å². The Morgan fingerprint density at radius 3 is 1.86 bits per heavy atom. The highest BCUT2D eigenvalue weighted by atomic mass is 15.2. The lowest BCUT2D eigenvalue weighted by atomic mass is 10.0. The van der Waals surface area contributed by atoms with Crippen LogP contribution in [0.1, 0.15) is 61.8 Å². The van der Waals surface area contributed by atoms with Crippen LogP contribution < -0.4 is 0 Å². The van der Waals surface area contributed by atoms with Crippen molar-refractivity contribution < 1.29 is 0 Å². The van der Waals surface area contributed by atoms with Gasteiger partial charge in [-0.2, -0.15) is 0 Å². The first-order valence-corrected chi connectivity index (χ1v) is 5.88. The van der Waals surface area contributed by atoms with E-state index in [1.54, 1.807) is 0 Å². The molecule has 0 spiro atoms. The standard InChI is InChI=1S/C10H21N.C2H6.CH4/c1-8(2)10-6-5-7-11(10)9(3)4;1-2;/h8-10H,5-7H2,1-4H3;1-2H3;1H4. The maximum Gasteiger partial charge on any atom is 0.0121 e. The highest BCUT2D eigenvalue weighted by Crippen LogP contribution is 2.25. The highest BCUT2D eigenvalue weighted by Gasteiger charge is 2.28. The molecule has 0 saturated carbocycles. The van der Waals surface area contributed by atoms with Crippen LogP contribution in [0.3, 0.4) is 0 Å². The fourth-order valence-corrected chi connectivity index (χ4v) is 2.17. The Bertz CT molecular complexity index is 104. The van der Waals surface area contributed by atoms with Crippen molar-refractivity contribution in [3.05, 3.63) is 0 Å². The van der Waals surface area contributed by atoms with Gasteiger partial charge in [0.1, 0.15) is 0 Å². The van der Waals surface area contributed by atoms with E-state index in [1.807, 2.05) is 13.8 Å². The first-order valence-electron chi connectivity index (χ1n) is 5.88. The van der Waals surface area contributed by atoms with Crippen molar-refractivity contribution in [3.8, 4) is 0 Å². The average Bonchev–Trinajstić information content (AvgIpc) is 2.55. The first-order chi connectivity index (χ1) is 6.13. The molecule has 0 aromatic rings. The van der Waals surface area contributed by atoms with Crippen LogP contribution in [-0.2, 0) is 0 Å². The number of nitrogens with zero attached hydrogens (tertiary/aromatic N) is 1. The summed E-state index contributed by atoms with van der Waals surface area (Å²) in [6.45, 7) is 14.6. The predicted molar refractivity (Wildman–Crippen MR) is 67.8 cm³/mol. The first kappa shape index (κ1) is 16.4. The third kappa shape index (κ3) is 4.45. The van der Waals surface area contributed by atoms with Gasteiger partial charge in [-0.25, -0.2) is 0 Å². The van der Waals surface area contributed by atoms with E-state index in [2.05, 4.69) is 32.6 Å². The molecule has 0 bridgehead atoms. The van der Waals surface area contributed by atoms with Crippen LogP contribution in [0.15, 0.2) is 0 Å². The Balaban J connectivity index is 0. The SMILES string of the molecule is C.CC.CC(C)C1CCCN1C(C)C. The van der Waals surface area contributed by atoms with Gasteiger partial charge in [0, 0.05) is 12.1 Å². The number of hydrogen-bond donors (Lipinski definition) is 0. The van der Waals surface area contributed by atoms with Gasteiger partial charge in [-0.3, -0.25) is 4.90 Å². The van der Waals surface area contributed by atoms with Crippen molar-refractivity contribution in [2.45, 2.75) is 73.9 Å². The summed E-state index contributed by atoms with van der Waals surface area (Å²) in [4.78, 5) is 2.64. The molecule has 14 heavy (non-hydrogen) atoms. The minimum absolute atomic E-state index is 0. The van der Waals surface area contributed by atoms with E-state index in [9.17, 15) is 0 Å². The summed E-state index contributed by atoms with van der Waals surface area (Å²) in [6.07, 6.45) is 2.82. The highest BCUT2D eigenvalue weighted by molar-refractivity contribution is 4.83. The monoisotopic (exact) mass is 201 g/mol. The van der Waals surface area contributed by atoms with Crippen LogP contribution in [0.2, 0.25) is 0 Å². The van der Waals surface area contributed by atoms with Gasteiger partial charge in [0.25, 0.3) is 0 Å². The molecule has 0 amide bonds. The molecule has 1 heterocycles. The third-order valence-corrected chi connectivity index (χ3v) is 2.78. The maximum atomic E-state index is 2.64. The third-order valence-electron chi connectivity index (χ3n) is 2.78. The molecule has 1 nitrogen and oxygen atoms in total. The van der Waals surface area contributed by atoms with Crippen LogP contribution in [0.4, 0.5) is 0 Å². The summed E-state index contributed by atoms with van der Waals surface area (Å²) < 4.78 is 0. The van der Waals surface area contributed by atoms with Gasteiger partial charge in [-0.15, -0.1) is 0 Å². The molecule has 0 aromatic heterocycles. The molecule has 1 saturated heterocycles. The normalized spacial score (nSPS) is 21.9. The minimum atomic E-state index is 0. The van der Waals surface area contributed by atoms with Crippen molar-refractivity contribution in [1.29, 1.82) is 0 Å². The second kappa shape index (κ2) is 8.28. The van der Waals surface area contributed by atoms with Crippen molar-refractivity contribution in [1.82, 2.24) is 4.90 Å². The molecule has 0 radical (unpaired) electrons. The molecule has 1 aliphatic rings. The van der Waals surface area contributed by atoms with Crippen molar-refractivity contribution in [3.63, 3.8) is 0 Å². The van der Waals surface area contributed by atoms with E-state index in [0.29, 0.717) is 0 Å². The second-order valence-electron chi connectivity index (χ2n) is 4.29. The zero-order valence-electron chi connectivity index (χ0n) is 10.3. The Morgan fingerprint density at radius 2 is 1.57 bits per heavy atom. The van der Waals surface area contributed by atoms with Crippen LogP contribution in [0.25, 0.3) is 0 Å². The summed E-state index contributed by atoms with van der Waals surface area (Å²) in [6, 6.07) is 1.60. The van der Waals surface area contributed by atoms with Gasteiger partial charge in [0.05, 0.1) is 0 Å². The Labute approximate surface area is 91.9 Å². The molecular formula is C13H31N. The Kier molecular flexibility index (Phi) is 9.70. The minimum Gasteiger partial charge on any atom is -0.298 e. The fourth-order valence-electron chi connectivity index (χ4n) is 2.17. The lowest BCUT2D eigenvalue weighted by Crippen LogP contribution is -2.38. The number of hydrogen-bond acceptors (Lipinski definition) is 1. The van der Waals surface area contributed by atoms with Gasteiger partial charge >= 0.3 is 0 Å². The summed E-state index contributed by atoms with van der Waals surface area (Å²) >= 11 is 0. The molecular weight excluding hydrogens is 170 g/mol. The zero-order chi connectivity index (χ0) is 10.4. The van der Waals surface area contributed by atoms with Gasteiger partial charge in [-0.1, -0.05) is 35.1 Å². The van der Waals surface area contributed by atoms with Crippen molar-refractivity contribution in [2.75, 3.05) is 6.54 Å². The van der Waals surface area contributed by atoms with E-state index >= 15 is 0 Å². The van der Waals surface area contributed by atoms with E-state index in [0.717, 1.165) is 18.0 Å². The molecule has 1 aliphatic heterocycles. The number of rotatable bonds is 2. The molecule has 1 heteroatoms. The molecule has 0 N–H and O–H groups in total. The molecule has 1 unspecified atom stereocenters. The van der Waals surface area contributed by atoms with Crippen molar-refractivity contribution >= 4 is 0 Å². The smallest absolute Gasteiger partial charge is 0.0121 e. The van der Waals surface area contributed by atoms with Crippen LogP contribution in [0.5, 0.6) is 0 Å². The van der Waals surface area contributed by atoms with Gasteiger partial charge in [0.2, 0.25) is 0 Å². The number of likely N-dealkylation sites (tertiary alicyclic amines) is 1. The largest absolute Gasteiger partial charge is 0.298 e. The molecule has 88 valence electrons. The fraction of sp³-hybridized carbons (Fsp3) is 1.00. The Hall–Kier alpha value is -0.0400. The molecule has 1 atom stereocenters. The molecule has 0 aliphatic carbocycles. The lowest BCUT2D eigenvalue weighted by molar-refractivity contribution is 0.166. The zero-order valence-corrected chi connectivity index (χ0v) is 10.3. The molecule has 1 rings (SSSR count). The van der Waals surface area contributed by atoms with Crippen molar-refractivity contribution in [2.24, 2.45) is 5.92 Å². The van der Waals surface area contributed by atoms with Crippen LogP contribution in [-0.4, -0.2) is 23.5 Å². The predicted octanol–water partition coefficient (Wildman–Crippen LogP) is 4.18. The summed E-state index contributed by atoms with van der Waals surface area (Å²) in [7, 11) is 0. The Morgan fingerprint density at radius 1 is 1.07 bits per heavy atom. The van der Waals surface area contributed by atoms with E-state index < -0.39 is 0 Å². The molecule has 1 fully saturated rings. The van der Waals surface area contributed by atoms with E-state index in [-0.39, 0.29) is 7.43 Å². The average molecular weight is 201 g/mol. The van der Waals surface area contributed by atoms with E-state index in [4.69, 9.17) is 0 Å². The summed E-state index contributed by atoms with van der Waals surface area (Å²) in [5, 5.41) is 0. The van der Waals surface area contributed by atoms with Gasteiger partial charge in [-0.05, 0) is 39.2 Å². The van der Waals surface area contributed by atoms with Crippen LogP contribution in [0, 0.1) is 5.92 Å². The molecule has 0 aromatic carbocycles. The van der Waals surface area contributed by atoms with Crippen LogP contribution >= 0.6 is 0 Å². The maximum absolute atomic E-state index is 2.64. The quantitative estimate of drug-likeness (QED) is 0.648. The summed E-state index contributed by atoms with van der Waals surface area (Å²) in [5.74, 6) is 0.833. The summed E-state index contributed by atoms with van der Waals surface area (Å²) in [5.41, 5.74) is 0. The van der Waals surface area contributed by atoms with Gasteiger partial charge in [0.15, 0.2) is 0 Å².